The number of hydrogen-bond acceptors (Lipinski definition) is 4. The summed E-state index contributed by atoms with van der Waals surface area (Å²) in [6, 6.07) is 6.17. The molecule has 0 radical (unpaired) electrons. The lowest BCUT2D eigenvalue weighted by atomic mass is 9.95. The lowest BCUT2D eigenvalue weighted by Crippen LogP contribution is -2.29. The number of hydrogen-bond donors (Lipinski definition) is 1. The summed E-state index contributed by atoms with van der Waals surface area (Å²) in [6.45, 7) is 3.71. The number of carbonyl (C=O) groups is 1. The van der Waals surface area contributed by atoms with E-state index in [0.717, 1.165) is 29.8 Å². The van der Waals surface area contributed by atoms with Crippen LogP contribution in [-0.2, 0) is 10.2 Å². The summed E-state index contributed by atoms with van der Waals surface area (Å²) in [6.07, 6.45) is 1.53. The molecule has 1 fully saturated rings. The first-order valence-corrected chi connectivity index (χ1v) is 7.93. The number of carbonyl (C=O) groups excluding carboxylic acids is 1. The van der Waals surface area contributed by atoms with E-state index in [9.17, 15) is 9.18 Å². The number of halogens is 1. The molecule has 0 saturated heterocycles. The third-order valence-corrected chi connectivity index (χ3v) is 4.48. The van der Waals surface area contributed by atoms with Crippen molar-refractivity contribution in [3.8, 4) is 0 Å². The van der Waals surface area contributed by atoms with Gasteiger partial charge in [-0.05, 0) is 44.4 Å². The van der Waals surface area contributed by atoms with E-state index < -0.39 is 5.41 Å². The average Bonchev–Trinajstić information content (AvgIpc) is 3.33. The van der Waals surface area contributed by atoms with E-state index in [1.54, 1.807) is 12.1 Å². The Labute approximate surface area is 140 Å². The third-order valence-electron chi connectivity index (χ3n) is 4.48. The van der Waals surface area contributed by atoms with Gasteiger partial charge >= 0.3 is 0 Å². The Morgan fingerprint density at radius 1 is 1.12 bits per heavy atom. The summed E-state index contributed by atoms with van der Waals surface area (Å²) in [5.41, 5.74) is 2.40. The van der Waals surface area contributed by atoms with Gasteiger partial charge in [0, 0.05) is 14.1 Å². The number of aromatic nitrogens is 2. The Morgan fingerprint density at radius 3 is 2.12 bits per heavy atom. The molecule has 1 aromatic heterocycles. The Morgan fingerprint density at radius 2 is 1.67 bits per heavy atom. The van der Waals surface area contributed by atoms with Crippen LogP contribution in [0.25, 0.3) is 0 Å². The number of nitrogens with one attached hydrogen (secondary N) is 1. The molecule has 0 unspecified atom stereocenters. The number of nitrogens with zero attached hydrogens (tertiary/aromatic N) is 3. The molecule has 3 rings (SSSR count). The zero-order chi connectivity index (χ0) is 17.5. The Bertz CT molecular complexity index is 759. The molecule has 126 valence electrons. The van der Waals surface area contributed by atoms with Crippen LogP contribution in [0.2, 0.25) is 0 Å². The van der Waals surface area contributed by atoms with Crippen LogP contribution in [0.3, 0.4) is 0 Å². The maximum atomic E-state index is 13.1. The first-order chi connectivity index (χ1) is 11.3. The van der Waals surface area contributed by atoms with Gasteiger partial charge in [0.1, 0.15) is 5.82 Å². The van der Waals surface area contributed by atoms with Gasteiger partial charge in [-0.1, -0.05) is 12.1 Å². The largest absolute Gasteiger partial charge is 0.347 e. The van der Waals surface area contributed by atoms with Crippen molar-refractivity contribution in [1.29, 1.82) is 0 Å². The van der Waals surface area contributed by atoms with Gasteiger partial charge in [0.2, 0.25) is 11.9 Å². The van der Waals surface area contributed by atoms with Crippen molar-refractivity contribution in [2.24, 2.45) is 0 Å². The second-order valence-electron chi connectivity index (χ2n) is 6.51. The van der Waals surface area contributed by atoms with Crippen molar-refractivity contribution in [1.82, 2.24) is 9.97 Å². The Kier molecular flexibility index (Phi) is 3.99. The van der Waals surface area contributed by atoms with Gasteiger partial charge in [-0.15, -0.1) is 0 Å². The van der Waals surface area contributed by atoms with Crippen LogP contribution in [0.1, 0.15) is 29.8 Å². The first kappa shape index (κ1) is 16.4. The zero-order valence-corrected chi connectivity index (χ0v) is 14.4. The van der Waals surface area contributed by atoms with Crippen molar-refractivity contribution in [3.63, 3.8) is 0 Å². The minimum Gasteiger partial charge on any atom is -0.347 e. The van der Waals surface area contributed by atoms with Crippen LogP contribution >= 0.6 is 0 Å². The van der Waals surface area contributed by atoms with Gasteiger partial charge < -0.3 is 10.2 Å². The number of aryl methyl sites for hydroxylation is 2. The smallest absolute Gasteiger partial charge is 0.235 e. The number of amides is 1. The molecule has 0 atom stereocenters. The fourth-order valence-electron chi connectivity index (χ4n) is 2.85. The van der Waals surface area contributed by atoms with Crippen molar-refractivity contribution in [2.45, 2.75) is 32.1 Å². The predicted molar refractivity (Wildman–Crippen MR) is 91.8 cm³/mol. The van der Waals surface area contributed by atoms with E-state index in [4.69, 9.17) is 0 Å². The second-order valence-corrected chi connectivity index (χ2v) is 6.51. The predicted octanol–water partition coefficient (Wildman–Crippen LogP) is 2.97. The highest BCUT2D eigenvalue weighted by Gasteiger charge is 2.51. The van der Waals surface area contributed by atoms with Crippen LogP contribution in [-0.4, -0.2) is 30.0 Å². The van der Waals surface area contributed by atoms with Crippen molar-refractivity contribution >= 4 is 17.5 Å². The van der Waals surface area contributed by atoms with Gasteiger partial charge in [0.25, 0.3) is 0 Å². The Balaban J connectivity index is 1.86. The van der Waals surface area contributed by atoms with Gasteiger partial charge in [0.05, 0.1) is 22.5 Å². The number of benzene rings is 1. The van der Waals surface area contributed by atoms with E-state index in [0.29, 0.717) is 11.6 Å². The highest BCUT2D eigenvalue weighted by atomic mass is 19.1. The molecule has 1 aliphatic carbocycles. The highest BCUT2D eigenvalue weighted by Crippen LogP contribution is 2.49. The minimum absolute atomic E-state index is 0.0819. The van der Waals surface area contributed by atoms with Crippen LogP contribution in [0.5, 0.6) is 0 Å². The monoisotopic (exact) mass is 328 g/mol. The quantitative estimate of drug-likeness (QED) is 0.937. The van der Waals surface area contributed by atoms with Gasteiger partial charge in [-0.25, -0.2) is 14.4 Å². The third kappa shape index (κ3) is 2.84. The van der Waals surface area contributed by atoms with Gasteiger partial charge in [-0.3, -0.25) is 4.79 Å². The molecule has 1 N–H and O–H groups in total. The standard InChI is InChI=1S/C18H21FN4O/c1-11-15(12(2)21-17(20-11)23(3)4)22-16(24)18(9-10-18)13-5-7-14(19)8-6-13/h5-8H,9-10H2,1-4H3,(H,22,24). The summed E-state index contributed by atoms with van der Waals surface area (Å²) in [5, 5.41) is 2.98. The number of rotatable bonds is 4. The van der Waals surface area contributed by atoms with Crippen molar-refractivity contribution < 1.29 is 9.18 Å². The van der Waals surface area contributed by atoms with Gasteiger partial charge in [0.15, 0.2) is 0 Å². The fourth-order valence-corrected chi connectivity index (χ4v) is 2.85. The topological polar surface area (TPSA) is 58.1 Å². The fraction of sp³-hybridized carbons (Fsp3) is 0.389. The van der Waals surface area contributed by atoms with Crippen molar-refractivity contribution in [2.75, 3.05) is 24.3 Å². The molecule has 2 aromatic rings. The van der Waals surface area contributed by atoms with E-state index in [2.05, 4.69) is 15.3 Å². The molecule has 5 nitrogen and oxygen atoms in total. The molecule has 6 heteroatoms. The molecule has 0 bridgehead atoms. The van der Waals surface area contributed by atoms with Crippen LogP contribution in [0.4, 0.5) is 16.0 Å². The van der Waals surface area contributed by atoms with Gasteiger partial charge in [-0.2, -0.15) is 0 Å². The Hall–Kier alpha value is -2.50. The molecule has 1 saturated carbocycles. The highest BCUT2D eigenvalue weighted by molar-refractivity contribution is 6.02. The molecule has 0 aliphatic heterocycles. The maximum absolute atomic E-state index is 13.1. The molecule has 1 aliphatic rings. The molecular formula is C18H21FN4O. The normalized spacial score (nSPS) is 15.0. The maximum Gasteiger partial charge on any atom is 0.235 e. The second kappa shape index (κ2) is 5.85. The summed E-state index contributed by atoms with van der Waals surface area (Å²) in [4.78, 5) is 23.5. The lowest BCUT2D eigenvalue weighted by molar-refractivity contribution is -0.118. The van der Waals surface area contributed by atoms with Crippen LogP contribution in [0, 0.1) is 19.7 Å². The van der Waals surface area contributed by atoms with E-state index in [1.807, 2.05) is 32.8 Å². The molecule has 1 heterocycles. The summed E-state index contributed by atoms with van der Waals surface area (Å²) < 4.78 is 13.1. The first-order valence-electron chi connectivity index (χ1n) is 7.93. The van der Waals surface area contributed by atoms with E-state index >= 15 is 0 Å². The van der Waals surface area contributed by atoms with Crippen molar-refractivity contribution in [3.05, 3.63) is 47.0 Å². The van der Waals surface area contributed by atoms with Crippen LogP contribution in [0.15, 0.2) is 24.3 Å². The summed E-state index contributed by atoms with van der Waals surface area (Å²) in [7, 11) is 3.75. The summed E-state index contributed by atoms with van der Waals surface area (Å²) in [5.74, 6) is 0.235. The molecule has 1 aromatic carbocycles. The molecule has 24 heavy (non-hydrogen) atoms. The SMILES string of the molecule is Cc1nc(N(C)C)nc(C)c1NC(=O)C1(c2ccc(F)cc2)CC1. The minimum atomic E-state index is -0.563. The van der Waals surface area contributed by atoms with E-state index in [1.165, 1.54) is 12.1 Å². The molecular weight excluding hydrogens is 307 g/mol. The molecule has 0 spiro atoms. The van der Waals surface area contributed by atoms with E-state index in [-0.39, 0.29) is 11.7 Å². The average molecular weight is 328 g/mol. The lowest BCUT2D eigenvalue weighted by Gasteiger charge is -2.19. The summed E-state index contributed by atoms with van der Waals surface area (Å²) >= 11 is 0. The van der Waals surface area contributed by atoms with Crippen LogP contribution < -0.4 is 10.2 Å². The zero-order valence-electron chi connectivity index (χ0n) is 14.4. The number of anilines is 2. The molecule has 1 amide bonds.